The molecule has 150 valence electrons. The van der Waals surface area contributed by atoms with Crippen LogP contribution in [0.25, 0.3) is 11.3 Å². The number of hydrogen-bond acceptors (Lipinski definition) is 8. The highest BCUT2D eigenvalue weighted by molar-refractivity contribution is 5.88. The molecule has 0 aliphatic carbocycles. The van der Waals surface area contributed by atoms with Gasteiger partial charge in [0.1, 0.15) is 6.04 Å². The van der Waals surface area contributed by atoms with Crippen molar-refractivity contribution < 1.29 is 9.42 Å². The Hall–Kier alpha value is -3.23. The van der Waals surface area contributed by atoms with E-state index in [4.69, 9.17) is 14.6 Å². The topological polar surface area (TPSA) is 100 Å². The summed E-state index contributed by atoms with van der Waals surface area (Å²) in [5.41, 5.74) is 1.87. The Morgan fingerprint density at radius 2 is 1.69 bits per heavy atom. The number of piperazine rings is 1. The summed E-state index contributed by atoms with van der Waals surface area (Å²) in [7, 11) is 0. The van der Waals surface area contributed by atoms with Crippen LogP contribution in [0.3, 0.4) is 0 Å². The number of carbonyl (C=O) groups excluding carboxylic acids is 1. The summed E-state index contributed by atoms with van der Waals surface area (Å²) in [6.45, 7) is 3.07. The van der Waals surface area contributed by atoms with Gasteiger partial charge in [0.25, 0.3) is 0 Å². The van der Waals surface area contributed by atoms with E-state index < -0.39 is 0 Å². The zero-order valence-electron chi connectivity index (χ0n) is 16.1. The van der Waals surface area contributed by atoms with Gasteiger partial charge in [-0.15, -0.1) is 0 Å². The summed E-state index contributed by atoms with van der Waals surface area (Å²) < 4.78 is 4.85. The number of fused-ring (bicyclic) bond motifs is 1. The summed E-state index contributed by atoms with van der Waals surface area (Å²) in [5.74, 6) is 1.46. The monoisotopic (exact) mass is 393 g/mol. The highest BCUT2D eigenvalue weighted by Crippen LogP contribution is 2.32. The van der Waals surface area contributed by atoms with Gasteiger partial charge in [0.05, 0.1) is 0 Å². The second kappa shape index (κ2) is 7.65. The number of rotatable bonds is 4. The molecule has 0 radical (unpaired) electrons. The van der Waals surface area contributed by atoms with Crippen LogP contribution in [0.1, 0.15) is 24.8 Å². The summed E-state index contributed by atoms with van der Waals surface area (Å²) in [6.07, 6.45) is 4.05. The van der Waals surface area contributed by atoms with E-state index in [2.05, 4.69) is 25.4 Å². The lowest BCUT2D eigenvalue weighted by molar-refractivity contribution is -0.123. The molecule has 2 aliphatic heterocycles. The van der Waals surface area contributed by atoms with Crippen LogP contribution < -0.4 is 15.1 Å². The zero-order chi connectivity index (χ0) is 19.6. The van der Waals surface area contributed by atoms with Crippen LogP contribution in [0.4, 0.5) is 11.6 Å². The molecule has 0 spiro atoms. The first-order chi connectivity index (χ1) is 14.3. The molecule has 9 nitrogen and oxygen atoms in total. The van der Waals surface area contributed by atoms with E-state index in [-0.39, 0.29) is 11.9 Å². The maximum Gasteiger partial charge on any atom is 0.245 e. The summed E-state index contributed by atoms with van der Waals surface area (Å²) >= 11 is 0. The Kier molecular flexibility index (Phi) is 4.71. The molecule has 0 bridgehead atoms. The maximum absolute atomic E-state index is 12.8. The Labute approximate surface area is 168 Å². The fourth-order valence-electron chi connectivity index (χ4n) is 4.14. The number of benzene rings is 1. The third-order valence-corrected chi connectivity index (χ3v) is 5.61. The van der Waals surface area contributed by atoms with Crippen molar-refractivity contribution in [2.24, 2.45) is 0 Å². The number of carbonyl (C=O) groups is 1. The number of piperidine rings is 1. The van der Waals surface area contributed by atoms with Crippen LogP contribution in [0.15, 0.2) is 35.0 Å². The molecule has 1 aromatic carbocycles. The smallest absolute Gasteiger partial charge is 0.245 e. The lowest BCUT2D eigenvalue weighted by Gasteiger charge is -2.38. The average Bonchev–Trinajstić information content (AvgIpc) is 3.23. The van der Waals surface area contributed by atoms with E-state index in [1.54, 1.807) is 0 Å². The predicted molar refractivity (Wildman–Crippen MR) is 108 cm³/mol. The van der Waals surface area contributed by atoms with Gasteiger partial charge in [-0.25, -0.2) is 14.6 Å². The molecule has 1 atom stereocenters. The molecule has 0 unspecified atom stereocenters. The molecule has 4 heterocycles. The summed E-state index contributed by atoms with van der Waals surface area (Å²) in [6, 6.07) is 9.69. The molecular weight excluding hydrogens is 370 g/mol. The average molecular weight is 393 g/mol. The number of anilines is 2. The van der Waals surface area contributed by atoms with Crippen molar-refractivity contribution in [3.63, 3.8) is 0 Å². The third kappa shape index (κ3) is 3.48. The van der Waals surface area contributed by atoms with Gasteiger partial charge >= 0.3 is 0 Å². The predicted octanol–water partition coefficient (Wildman–Crippen LogP) is 1.55. The maximum atomic E-state index is 12.8. The lowest BCUT2D eigenvalue weighted by atomic mass is 10.0. The molecule has 5 rings (SSSR count). The molecule has 2 fully saturated rings. The minimum atomic E-state index is -0.360. The van der Waals surface area contributed by atoms with Crippen molar-refractivity contribution in [1.29, 1.82) is 0 Å². The van der Waals surface area contributed by atoms with E-state index >= 15 is 0 Å². The first kappa shape index (κ1) is 17.8. The fourth-order valence-corrected chi connectivity index (χ4v) is 4.14. The Morgan fingerprint density at radius 1 is 0.966 bits per heavy atom. The van der Waals surface area contributed by atoms with E-state index in [9.17, 15) is 4.79 Å². The summed E-state index contributed by atoms with van der Waals surface area (Å²) in [5, 5.41) is 10.8. The van der Waals surface area contributed by atoms with Gasteiger partial charge in [-0.1, -0.05) is 30.3 Å². The largest absolute Gasteiger partial charge is 0.353 e. The van der Waals surface area contributed by atoms with Crippen LogP contribution in [0.5, 0.6) is 0 Å². The molecule has 2 saturated heterocycles. The van der Waals surface area contributed by atoms with Crippen LogP contribution >= 0.6 is 0 Å². The minimum Gasteiger partial charge on any atom is -0.353 e. The number of nitrogens with one attached hydrogen (secondary N) is 1. The van der Waals surface area contributed by atoms with Crippen molar-refractivity contribution in [2.75, 3.05) is 36.0 Å². The van der Waals surface area contributed by atoms with Gasteiger partial charge in [-0.3, -0.25) is 4.79 Å². The Bertz CT molecular complexity index is 1000. The molecule has 29 heavy (non-hydrogen) atoms. The second-order valence-electron chi connectivity index (χ2n) is 7.52. The van der Waals surface area contributed by atoms with Gasteiger partial charge in [0.2, 0.25) is 17.2 Å². The molecule has 0 saturated carbocycles. The molecule has 3 aromatic rings. The number of nitrogens with zero attached hydrogens (tertiary/aromatic N) is 6. The second-order valence-corrected chi connectivity index (χ2v) is 7.52. The first-order valence-corrected chi connectivity index (χ1v) is 10.1. The van der Waals surface area contributed by atoms with Gasteiger partial charge in [0, 0.05) is 32.6 Å². The van der Waals surface area contributed by atoms with E-state index in [0.717, 1.165) is 37.3 Å². The van der Waals surface area contributed by atoms with Gasteiger partial charge < -0.3 is 15.1 Å². The molecule has 9 heteroatoms. The molecule has 2 aromatic heterocycles. The highest BCUT2D eigenvalue weighted by atomic mass is 16.6. The van der Waals surface area contributed by atoms with Crippen LogP contribution in [0, 0.1) is 0 Å². The SMILES string of the molecule is O=C1NCCN(c2nc3nonc3nc2N2CCCCC2)[C@@H]1Cc1ccccc1. The van der Waals surface area contributed by atoms with Gasteiger partial charge in [0.15, 0.2) is 11.6 Å². The lowest BCUT2D eigenvalue weighted by Crippen LogP contribution is -2.57. The van der Waals surface area contributed by atoms with Crippen LogP contribution in [0.2, 0.25) is 0 Å². The molecular formula is C20H23N7O2. The fraction of sp³-hybridized carbons (Fsp3) is 0.450. The van der Waals surface area contributed by atoms with E-state index in [1.165, 1.54) is 6.42 Å². The Morgan fingerprint density at radius 3 is 2.45 bits per heavy atom. The number of hydrogen-bond donors (Lipinski definition) is 1. The van der Waals surface area contributed by atoms with Crippen molar-refractivity contribution in [3.8, 4) is 0 Å². The summed E-state index contributed by atoms with van der Waals surface area (Å²) in [4.78, 5) is 26.6. The van der Waals surface area contributed by atoms with Crippen molar-refractivity contribution in [3.05, 3.63) is 35.9 Å². The van der Waals surface area contributed by atoms with E-state index in [1.807, 2.05) is 30.3 Å². The van der Waals surface area contributed by atoms with Crippen molar-refractivity contribution in [2.45, 2.75) is 31.7 Å². The van der Waals surface area contributed by atoms with E-state index in [0.29, 0.717) is 36.6 Å². The quantitative estimate of drug-likeness (QED) is 0.713. The van der Waals surface area contributed by atoms with Crippen molar-refractivity contribution >= 4 is 28.8 Å². The minimum absolute atomic E-state index is 0.00451. The molecule has 1 N–H and O–H groups in total. The third-order valence-electron chi connectivity index (χ3n) is 5.61. The number of aromatic nitrogens is 4. The van der Waals surface area contributed by atoms with Crippen molar-refractivity contribution in [1.82, 2.24) is 25.6 Å². The Balaban J connectivity index is 1.56. The van der Waals surface area contributed by atoms with Crippen LogP contribution in [-0.2, 0) is 11.2 Å². The zero-order valence-corrected chi connectivity index (χ0v) is 16.1. The highest BCUT2D eigenvalue weighted by Gasteiger charge is 2.34. The normalized spacial score (nSPS) is 20.1. The number of amides is 1. The van der Waals surface area contributed by atoms with Gasteiger partial charge in [-0.2, -0.15) is 0 Å². The molecule has 1 amide bonds. The van der Waals surface area contributed by atoms with Crippen LogP contribution in [-0.4, -0.2) is 58.4 Å². The molecule has 2 aliphatic rings. The first-order valence-electron chi connectivity index (χ1n) is 10.1. The van der Waals surface area contributed by atoms with Gasteiger partial charge in [-0.05, 0) is 35.1 Å². The standard InChI is InChI=1S/C20H23N7O2/c28-20-15(13-14-7-3-1-4-8-14)27(12-9-21-20)19-18(26-10-5-2-6-11-26)22-16-17(23-19)25-29-24-16/h1,3-4,7-8,15H,2,5-6,9-13H2,(H,21,28)/t15-/m1/s1.